The molecule has 1 atom stereocenters. The van der Waals surface area contributed by atoms with Crippen molar-refractivity contribution in [2.24, 2.45) is 0 Å². The van der Waals surface area contributed by atoms with Gasteiger partial charge in [0.15, 0.2) is 11.2 Å². The summed E-state index contributed by atoms with van der Waals surface area (Å²) < 4.78 is 2.63. The van der Waals surface area contributed by atoms with Crippen LogP contribution in [0.15, 0.2) is 46.2 Å². The van der Waals surface area contributed by atoms with Crippen molar-refractivity contribution in [1.29, 1.82) is 0 Å². The summed E-state index contributed by atoms with van der Waals surface area (Å²) in [6, 6.07) is 8.37. The minimum atomic E-state index is -1.15. The summed E-state index contributed by atoms with van der Waals surface area (Å²) in [5.41, 5.74) is -0.141. The number of aliphatic carboxylic acids is 1. The maximum Gasteiger partial charge on any atom is 0.330 e. The molecular weight excluding hydrogens is 312 g/mol. The number of hydrogen-bond acceptors (Lipinski definition) is 4. The number of fused-ring (bicyclic) bond motifs is 1. The fourth-order valence-corrected chi connectivity index (χ4v) is 2.75. The predicted molar refractivity (Wildman–Crippen MR) is 87.1 cm³/mol. The monoisotopic (exact) mass is 328 g/mol. The van der Waals surface area contributed by atoms with Gasteiger partial charge in [0.25, 0.3) is 5.56 Å². The molecule has 1 unspecified atom stereocenters. The molecule has 0 bridgehead atoms. The Kier molecular flexibility index (Phi) is 4.03. The van der Waals surface area contributed by atoms with Gasteiger partial charge in [0.05, 0.1) is 6.33 Å². The summed E-state index contributed by atoms with van der Waals surface area (Å²) in [6.45, 7) is 2.05. The van der Waals surface area contributed by atoms with E-state index in [4.69, 9.17) is 0 Å². The lowest BCUT2D eigenvalue weighted by Gasteiger charge is -2.13. The van der Waals surface area contributed by atoms with Gasteiger partial charge in [0.1, 0.15) is 6.04 Å². The molecule has 0 aliphatic carbocycles. The topological polar surface area (TPSA) is 110 Å². The van der Waals surface area contributed by atoms with Gasteiger partial charge in [-0.3, -0.25) is 14.3 Å². The zero-order chi connectivity index (χ0) is 17.3. The first-order valence-electron chi connectivity index (χ1n) is 7.49. The number of hydrogen-bond donors (Lipinski definition) is 2. The first-order valence-corrected chi connectivity index (χ1v) is 7.49. The summed E-state index contributed by atoms with van der Waals surface area (Å²) in [4.78, 5) is 42.1. The quantitative estimate of drug-likeness (QED) is 0.725. The second-order valence-corrected chi connectivity index (χ2v) is 5.42. The molecule has 8 nitrogen and oxygen atoms in total. The van der Waals surface area contributed by atoms with E-state index < -0.39 is 23.3 Å². The highest BCUT2D eigenvalue weighted by atomic mass is 16.4. The third-order valence-electron chi connectivity index (χ3n) is 3.88. The van der Waals surface area contributed by atoms with Crippen LogP contribution in [0.4, 0.5) is 0 Å². The average Bonchev–Trinajstić information content (AvgIpc) is 2.96. The van der Waals surface area contributed by atoms with E-state index in [1.165, 1.54) is 6.33 Å². The molecule has 0 aliphatic heterocycles. The van der Waals surface area contributed by atoms with Crippen LogP contribution in [-0.2, 0) is 11.3 Å². The molecule has 3 rings (SSSR count). The molecule has 0 radical (unpaired) electrons. The number of nitrogens with zero attached hydrogens (tertiary/aromatic N) is 3. The van der Waals surface area contributed by atoms with Gasteiger partial charge in [-0.05, 0) is 12.0 Å². The van der Waals surface area contributed by atoms with E-state index >= 15 is 0 Å². The van der Waals surface area contributed by atoms with E-state index in [1.54, 1.807) is 11.5 Å². The highest BCUT2D eigenvalue weighted by molar-refractivity contribution is 5.76. The Labute approximate surface area is 136 Å². The lowest BCUT2D eigenvalue weighted by Crippen LogP contribution is -2.36. The van der Waals surface area contributed by atoms with Crippen LogP contribution in [0.25, 0.3) is 11.2 Å². The van der Waals surface area contributed by atoms with Crippen LogP contribution in [0.5, 0.6) is 0 Å². The molecule has 124 valence electrons. The zero-order valence-corrected chi connectivity index (χ0v) is 13.0. The molecule has 2 aromatic heterocycles. The van der Waals surface area contributed by atoms with Crippen LogP contribution >= 0.6 is 0 Å². The summed E-state index contributed by atoms with van der Waals surface area (Å²) in [5.74, 6) is -1.15. The van der Waals surface area contributed by atoms with Gasteiger partial charge < -0.3 is 9.67 Å². The number of benzene rings is 1. The van der Waals surface area contributed by atoms with Crippen LogP contribution < -0.4 is 11.2 Å². The fraction of sp³-hybridized carbons (Fsp3) is 0.250. The van der Waals surface area contributed by atoms with Gasteiger partial charge in [-0.1, -0.05) is 37.3 Å². The Morgan fingerprint density at radius 2 is 2.00 bits per heavy atom. The van der Waals surface area contributed by atoms with Crippen molar-refractivity contribution in [3.8, 4) is 0 Å². The Morgan fingerprint density at radius 3 is 2.62 bits per heavy atom. The van der Waals surface area contributed by atoms with E-state index in [0.29, 0.717) is 6.54 Å². The second kappa shape index (κ2) is 6.15. The van der Waals surface area contributed by atoms with Crippen molar-refractivity contribution in [1.82, 2.24) is 19.1 Å². The smallest absolute Gasteiger partial charge is 0.330 e. The van der Waals surface area contributed by atoms with Gasteiger partial charge in [-0.15, -0.1) is 0 Å². The van der Waals surface area contributed by atoms with Crippen molar-refractivity contribution in [2.45, 2.75) is 25.9 Å². The van der Waals surface area contributed by atoms with Crippen LogP contribution in [0.2, 0.25) is 0 Å². The highest BCUT2D eigenvalue weighted by Gasteiger charge is 2.24. The van der Waals surface area contributed by atoms with Crippen molar-refractivity contribution >= 4 is 17.1 Å². The van der Waals surface area contributed by atoms with E-state index in [0.717, 1.165) is 10.1 Å². The van der Waals surface area contributed by atoms with Crippen LogP contribution in [0.3, 0.4) is 0 Å². The number of H-pyrrole nitrogens is 1. The number of imidazole rings is 1. The number of aromatic nitrogens is 4. The predicted octanol–water partition coefficient (Wildman–Crippen LogP) is 0.970. The maximum absolute atomic E-state index is 12.2. The SMILES string of the molecule is CCC(C(=O)O)n1c(=O)[nH]c(=O)c2c1ncn2Cc1ccccc1. The maximum atomic E-state index is 12.2. The minimum Gasteiger partial charge on any atom is -0.480 e. The van der Waals surface area contributed by atoms with Gasteiger partial charge >= 0.3 is 11.7 Å². The number of aromatic amines is 1. The van der Waals surface area contributed by atoms with E-state index in [9.17, 15) is 19.5 Å². The molecule has 0 saturated carbocycles. The molecule has 24 heavy (non-hydrogen) atoms. The molecule has 1 aromatic carbocycles. The minimum absolute atomic E-state index is 0.0777. The van der Waals surface area contributed by atoms with E-state index in [2.05, 4.69) is 9.97 Å². The normalized spacial score (nSPS) is 12.4. The number of carboxylic acids is 1. The molecule has 0 saturated heterocycles. The van der Waals surface area contributed by atoms with Crippen molar-refractivity contribution in [2.75, 3.05) is 0 Å². The molecule has 0 fully saturated rings. The van der Waals surface area contributed by atoms with Crippen molar-refractivity contribution in [3.05, 3.63) is 63.1 Å². The summed E-state index contributed by atoms with van der Waals surface area (Å²) in [6.07, 6.45) is 1.64. The molecule has 3 aromatic rings. The number of nitrogens with one attached hydrogen (secondary N) is 1. The highest BCUT2D eigenvalue weighted by Crippen LogP contribution is 2.16. The molecule has 2 heterocycles. The molecule has 0 amide bonds. The lowest BCUT2D eigenvalue weighted by molar-refractivity contribution is -0.141. The van der Waals surface area contributed by atoms with E-state index in [-0.39, 0.29) is 17.6 Å². The second-order valence-electron chi connectivity index (χ2n) is 5.42. The molecule has 8 heteroatoms. The van der Waals surface area contributed by atoms with Gasteiger partial charge in [0.2, 0.25) is 0 Å². The largest absolute Gasteiger partial charge is 0.480 e. The Hall–Kier alpha value is -3.16. The van der Waals surface area contributed by atoms with Gasteiger partial charge in [-0.2, -0.15) is 0 Å². The molecule has 0 spiro atoms. The Morgan fingerprint density at radius 1 is 1.29 bits per heavy atom. The van der Waals surface area contributed by atoms with Crippen LogP contribution in [0, 0.1) is 0 Å². The van der Waals surface area contributed by atoms with Crippen molar-refractivity contribution < 1.29 is 9.90 Å². The number of carbonyl (C=O) groups is 1. The number of carboxylic acid groups (broad SMARTS) is 1. The summed E-state index contributed by atoms with van der Waals surface area (Å²) in [5, 5.41) is 9.34. The number of rotatable bonds is 5. The van der Waals surface area contributed by atoms with Gasteiger partial charge in [-0.25, -0.2) is 14.6 Å². The van der Waals surface area contributed by atoms with Crippen molar-refractivity contribution in [3.63, 3.8) is 0 Å². The first-order chi connectivity index (χ1) is 11.5. The average molecular weight is 328 g/mol. The Bertz CT molecular complexity index is 1000. The molecule has 0 aliphatic rings. The summed E-state index contributed by atoms with van der Waals surface area (Å²) >= 11 is 0. The van der Waals surface area contributed by atoms with Crippen LogP contribution in [0.1, 0.15) is 24.9 Å². The lowest BCUT2D eigenvalue weighted by atomic mass is 10.2. The van der Waals surface area contributed by atoms with E-state index in [1.807, 2.05) is 30.3 Å². The van der Waals surface area contributed by atoms with Gasteiger partial charge in [0, 0.05) is 6.54 Å². The third-order valence-corrected chi connectivity index (χ3v) is 3.88. The Balaban J connectivity index is 2.21. The summed E-state index contributed by atoms with van der Waals surface area (Å²) in [7, 11) is 0. The molecular formula is C16H16N4O4. The zero-order valence-electron chi connectivity index (χ0n) is 13.0. The fourth-order valence-electron chi connectivity index (χ4n) is 2.75. The third kappa shape index (κ3) is 2.62. The first kappa shape index (κ1) is 15.7. The van der Waals surface area contributed by atoms with Crippen LogP contribution in [-0.4, -0.2) is 30.2 Å². The molecule has 2 N–H and O–H groups in total. The standard InChI is InChI=1S/C16H16N4O4/c1-2-11(15(22)23)20-13-12(14(21)18-16(20)24)19(9-17-13)8-10-6-4-3-5-7-10/h3-7,9,11H,2,8H2,1H3,(H,22,23)(H,18,21,24).